The third-order valence-corrected chi connectivity index (χ3v) is 2.37. The van der Waals surface area contributed by atoms with Crippen molar-refractivity contribution in [2.75, 3.05) is 6.54 Å². The van der Waals surface area contributed by atoms with Crippen LogP contribution in [-0.4, -0.2) is 35.9 Å². The van der Waals surface area contributed by atoms with E-state index in [2.05, 4.69) is 5.32 Å². The average Bonchev–Trinajstić information content (AvgIpc) is 2.20. The van der Waals surface area contributed by atoms with Gasteiger partial charge in [0.05, 0.1) is 0 Å². The number of hydrogen-bond donors (Lipinski definition) is 3. The first-order valence-corrected chi connectivity index (χ1v) is 6.25. The van der Waals surface area contributed by atoms with Gasteiger partial charge in [0.25, 0.3) is 0 Å². The summed E-state index contributed by atoms with van der Waals surface area (Å²) in [5, 5.41) is 12.5. The van der Waals surface area contributed by atoms with E-state index in [1.54, 1.807) is 20.8 Å². The van der Waals surface area contributed by atoms with Crippen molar-refractivity contribution >= 4 is 12.0 Å². The molecule has 5 nitrogen and oxygen atoms in total. The van der Waals surface area contributed by atoms with E-state index >= 15 is 0 Å². The van der Waals surface area contributed by atoms with Crippen LogP contribution in [0, 0.1) is 5.41 Å². The third kappa shape index (κ3) is 9.46. The summed E-state index contributed by atoms with van der Waals surface area (Å²) in [6, 6.07) is -2.87. The zero-order valence-corrected chi connectivity index (χ0v) is 11.8. The second kappa shape index (κ2) is 7.35. The van der Waals surface area contributed by atoms with Gasteiger partial charge in [-0.05, 0) is 18.3 Å². The number of aliphatic carboxylic acids is 1. The van der Waals surface area contributed by atoms with Gasteiger partial charge in [-0.3, -0.25) is 4.79 Å². The average molecular weight is 298 g/mol. The monoisotopic (exact) mass is 298 g/mol. The van der Waals surface area contributed by atoms with E-state index in [9.17, 15) is 22.8 Å². The molecule has 3 N–H and O–H groups in total. The Balaban J connectivity index is 4.30. The third-order valence-electron chi connectivity index (χ3n) is 2.37. The van der Waals surface area contributed by atoms with Gasteiger partial charge in [0.15, 0.2) is 0 Å². The Morgan fingerprint density at radius 1 is 1.20 bits per heavy atom. The molecule has 20 heavy (non-hydrogen) atoms. The second-order valence-corrected chi connectivity index (χ2v) is 5.76. The van der Waals surface area contributed by atoms with E-state index in [0.29, 0.717) is 0 Å². The molecule has 0 aliphatic heterocycles. The number of rotatable bonds is 6. The summed E-state index contributed by atoms with van der Waals surface area (Å²) in [7, 11) is 0. The van der Waals surface area contributed by atoms with Crippen molar-refractivity contribution in [3.05, 3.63) is 0 Å². The Hall–Kier alpha value is -1.47. The van der Waals surface area contributed by atoms with Crippen molar-refractivity contribution in [2.45, 2.75) is 52.3 Å². The number of carbonyl (C=O) groups is 2. The van der Waals surface area contributed by atoms with Crippen LogP contribution >= 0.6 is 0 Å². The highest BCUT2D eigenvalue weighted by Gasteiger charge is 2.42. The number of urea groups is 1. The molecule has 0 bridgehead atoms. The fourth-order valence-electron chi connectivity index (χ4n) is 1.51. The molecule has 8 heteroatoms. The lowest BCUT2D eigenvalue weighted by Gasteiger charge is -2.28. The van der Waals surface area contributed by atoms with Gasteiger partial charge in [-0.1, -0.05) is 20.8 Å². The second-order valence-electron chi connectivity index (χ2n) is 5.76. The van der Waals surface area contributed by atoms with Crippen LogP contribution in [0.5, 0.6) is 0 Å². The van der Waals surface area contributed by atoms with Crippen LogP contribution in [0.4, 0.5) is 18.0 Å². The van der Waals surface area contributed by atoms with Gasteiger partial charge in [-0.25, -0.2) is 4.79 Å². The highest BCUT2D eigenvalue weighted by Crippen LogP contribution is 2.30. The highest BCUT2D eigenvalue weighted by atomic mass is 19.4. The molecule has 0 saturated carbocycles. The number of nitrogens with one attached hydrogen (secondary N) is 2. The molecule has 0 saturated heterocycles. The number of carboxylic acids is 1. The quantitative estimate of drug-likeness (QED) is 0.659. The molecule has 0 aromatic rings. The molecular formula is C12H21F3N2O3. The summed E-state index contributed by atoms with van der Waals surface area (Å²) in [6.07, 6.45) is -4.74. The fourth-order valence-corrected chi connectivity index (χ4v) is 1.51. The van der Waals surface area contributed by atoms with Crippen LogP contribution < -0.4 is 10.6 Å². The summed E-state index contributed by atoms with van der Waals surface area (Å²) in [4.78, 5) is 21.6. The lowest BCUT2D eigenvalue weighted by molar-refractivity contribution is -0.159. The lowest BCUT2D eigenvalue weighted by atomic mass is 9.88. The van der Waals surface area contributed by atoms with Crippen molar-refractivity contribution in [1.29, 1.82) is 0 Å². The van der Waals surface area contributed by atoms with Crippen molar-refractivity contribution in [2.24, 2.45) is 5.41 Å². The Morgan fingerprint density at radius 2 is 1.75 bits per heavy atom. The molecule has 1 atom stereocenters. The maximum absolute atomic E-state index is 12.8. The van der Waals surface area contributed by atoms with Gasteiger partial charge in [-0.2, -0.15) is 13.2 Å². The topological polar surface area (TPSA) is 78.4 Å². The molecule has 0 aliphatic rings. The van der Waals surface area contributed by atoms with Crippen LogP contribution in [0.3, 0.4) is 0 Å². The van der Waals surface area contributed by atoms with Crippen LogP contribution in [-0.2, 0) is 4.79 Å². The van der Waals surface area contributed by atoms with Crippen LogP contribution in [0.2, 0.25) is 0 Å². The SMILES string of the molecule is CC(C)(C)CC(NC(=O)NCCCC(=O)O)C(F)(F)F. The number of halogens is 3. The Kier molecular flexibility index (Phi) is 6.81. The molecule has 2 amide bonds. The minimum absolute atomic E-state index is 0.0121. The van der Waals surface area contributed by atoms with Crippen molar-refractivity contribution in [3.63, 3.8) is 0 Å². The van der Waals surface area contributed by atoms with Crippen molar-refractivity contribution in [1.82, 2.24) is 10.6 Å². The smallest absolute Gasteiger partial charge is 0.408 e. The van der Waals surface area contributed by atoms with E-state index in [1.807, 2.05) is 5.32 Å². The molecule has 0 spiro atoms. The molecule has 0 radical (unpaired) electrons. The first kappa shape index (κ1) is 18.5. The molecule has 0 fully saturated rings. The number of hydrogen-bond acceptors (Lipinski definition) is 2. The Morgan fingerprint density at radius 3 is 2.15 bits per heavy atom. The van der Waals surface area contributed by atoms with Crippen LogP contribution in [0.1, 0.15) is 40.0 Å². The molecule has 118 valence electrons. The largest absolute Gasteiger partial charge is 0.481 e. The number of carboxylic acid groups (broad SMARTS) is 1. The van der Waals surface area contributed by atoms with E-state index in [4.69, 9.17) is 5.11 Å². The number of alkyl halides is 3. The van der Waals surface area contributed by atoms with Crippen molar-refractivity contribution in [3.8, 4) is 0 Å². The molecule has 1 unspecified atom stereocenters. The summed E-state index contributed by atoms with van der Waals surface area (Å²) < 4.78 is 38.4. The van der Waals surface area contributed by atoms with Gasteiger partial charge < -0.3 is 15.7 Å². The zero-order chi connectivity index (χ0) is 16.0. The molecule has 0 rings (SSSR count). The van der Waals surface area contributed by atoms with Gasteiger partial charge in [0, 0.05) is 13.0 Å². The normalized spacial score (nSPS) is 13.7. The Labute approximate surface area is 115 Å². The molecule has 0 aromatic heterocycles. The standard InChI is InChI=1S/C12H21F3N2O3/c1-11(2,3)7-8(12(13,14)15)17-10(20)16-6-4-5-9(18)19/h8H,4-7H2,1-3H3,(H,18,19)(H2,16,17,20). The molecule has 0 aliphatic carbocycles. The lowest BCUT2D eigenvalue weighted by Crippen LogP contribution is -2.50. The number of amides is 2. The summed E-state index contributed by atoms with van der Waals surface area (Å²) >= 11 is 0. The molecular weight excluding hydrogens is 277 g/mol. The van der Waals surface area contributed by atoms with Crippen LogP contribution in [0.15, 0.2) is 0 Å². The summed E-state index contributed by atoms with van der Waals surface area (Å²) in [5.74, 6) is -1.02. The molecule has 0 aromatic carbocycles. The maximum atomic E-state index is 12.8. The van der Waals surface area contributed by atoms with E-state index in [-0.39, 0.29) is 25.8 Å². The maximum Gasteiger partial charge on any atom is 0.408 e. The highest BCUT2D eigenvalue weighted by molar-refractivity contribution is 5.74. The van der Waals surface area contributed by atoms with E-state index in [0.717, 1.165) is 0 Å². The minimum Gasteiger partial charge on any atom is -0.481 e. The fraction of sp³-hybridized carbons (Fsp3) is 0.833. The van der Waals surface area contributed by atoms with E-state index < -0.39 is 29.6 Å². The first-order chi connectivity index (χ1) is 8.92. The predicted molar refractivity (Wildman–Crippen MR) is 67.3 cm³/mol. The van der Waals surface area contributed by atoms with Crippen LogP contribution in [0.25, 0.3) is 0 Å². The van der Waals surface area contributed by atoms with Gasteiger partial charge >= 0.3 is 18.2 Å². The van der Waals surface area contributed by atoms with Gasteiger partial charge in [-0.15, -0.1) is 0 Å². The predicted octanol–water partition coefficient (Wildman–Crippen LogP) is 2.52. The number of carbonyl (C=O) groups excluding carboxylic acids is 1. The minimum atomic E-state index is -4.52. The van der Waals surface area contributed by atoms with Crippen molar-refractivity contribution < 1.29 is 27.9 Å². The van der Waals surface area contributed by atoms with Gasteiger partial charge in [0.1, 0.15) is 6.04 Å². The summed E-state index contributed by atoms with van der Waals surface area (Å²) in [6.45, 7) is 4.97. The van der Waals surface area contributed by atoms with E-state index in [1.165, 1.54) is 0 Å². The molecule has 0 heterocycles. The van der Waals surface area contributed by atoms with Gasteiger partial charge in [0.2, 0.25) is 0 Å². The Bertz CT molecular complexity index is 338. The zero-order valence-electron chi connectivity index (χ0n) is 11.8. The first-order valence-electron chi connectivity index (χ1n) is 6.25. The summed E-state index contributed by atoms with van der Waals surface area (Å²) in [5.41, 5.74) is -0.587.